The predicted molar refractivity (Wildman–Crippen MR) is 57.0 cm³/mol. The Morgan fingerprint density at radius 3 is 2.64 bits per heavy atom. The molecule has 0 aliphatic carbocycles. The van der Waals surface area contributed by atoms with Crippen LogP contribution in [-0.2, 0) is 9.47 Å². The van der Waals surface area contributed by atoms with Gasteiger partial charge in [0.05, 0.1) is 12.5 Å². The van der Waals surface area contributed by atoms with Crippen molar-refractivity contribution in [1.82, 2.24) is 0 Å². The van der Waals surface area contributed by atoms with Crippen LogP contribution in [0.5, 0.6) is 0 Å². The van der Waals surface area contributed by atoms with E-state index in [-0.39, 0.29) is 12.5 Å². The topological polar surface area (TPSA) is 35.5 Å². The molecular formula is C8H11Cl3O3. The SMILES string of the molecule is C=CCCCOC(=O)OC(Cl)(Cl)CCl. The molecule has 0 unspecified atom stereocenters. The number of carbonyl (C=O) groups excluding carboxylic acids is 1. The van der Waals surface area contributed by atoms with Crippen LogP contribution in [-0.4, -0.2) is 23.2 Å². The van der Waals surface area contributed by atoms with Crippen LogP contribution in [0.15, 0.2) is 12.7 Å². The summed E-state index contributed by atoms with van der Waals surface area (Å²) < 4.78 is 7.40. The van der Waals surface area contributed by atoms with E-state index in [0.717, 1.165) is 6.42 Å². The molecule has 0 amide bonds. The van der Waals surface area contributed by atoms with Gasteiger partial charge in [0.2, 0.25) is 0 Å². The normalized spacial score (nSPS) is 10.8. The maximum atomic E-state index is 10.9. The summed E-state index contributed by atoms with van der Waals surface area (Å²) in [4.78, 5) is 10.9. The van der Waals surface area contributed by atoms with Crippen LogP contribution in [0.4, 0.5) is 4.79 Å². The first kappa shape index (κ1) is 13.9. The van der Waals surface area contributed by atoms with Gasteiger partial charge in [0.1, 0.15) is 0 Å². The molecule has 0 N–H and O–H groups in total. The molecule has 0 aromatic carbocycles. The minimum atomic E-state index is -1.73. The Kier molecular flexibility index (Phi) is 7.15. The van der Waals surface area contributed by atoms with Crippen molar-refractivity contribution in [3.8, 4) is 0 Å². The molecule has 0 aromatic heterocycles. The molecule has 14 heavy (non-hydrogen) atoms. The zero-order valence-electron chi connectivity index (χ0n) is 7.47. The van der Waals surface area contributed by atoms with Gasteiger partial charge in [-0.2, -0.15) is 0 Å². The van der Waals surface area contributed by atoms with E-state index in [1.165, 1.54) is 0 Å². The highest BCUT2D eigenvalue weighted by Crippen LogP contribution is 2.24. The lowest BCUT2D eigenvalue weighted by Gasteiger charge is -2.16. The zero-order valence-corrected chi connectivity index (χ0v) is 9.74. The van der Waals surface area contributed by atoms with Crippen LogP contribution in [0.25, 0.3) is 0 Å². The Morgan fingerprint density at radius 1 is 1.50 bits per heavy atom. The Bertz CT molecular complexity index is 194. The average molecular weight is 262 g/mol. The van der Waals surface area contributed by atoms with Crippen molar-refractivity contribution >= 4 is 41.0 Å². The van der Waals surface area contributed by atoms with Gasteiger partial charge in [0, 0.05) is 0 Å². The molecule has 0 saturated carbocycles. The van der Waals surface area contributed by atoms with E-state index in [9.17, 15) is 4.79 Å². The van der Waals surface area contributed by atoms with Crippen molar-refractivity contribution in [3.05, 3.63) is 12.7 Å². The smallest absolute Gasteiger partial charge is 0.434 e. The molecule has 0 fully saturated rings. The highest BCUT2D eigenvalue weighted by atomic mass is 35.5. The molecule has 0 rings (SSSR count). The summed E-state index contributed by atoms with van der Waals surface area (Å²) in [5, 5.41) is 0. The Labute approximate surface area is 97.9 Å². The molecule has 6 heteroatoms. The number of unbranched alkanes of at least 4 members (excludes halogenated alkanes) is 1. The number of rotatable bonds is 6. The first-order valence-electron chi connectivity index (χ1n) is 3.92. The van der Waals surface area contributed by atoms with Gasteiger partial charge >= 0.3 is 6.16 Å². The second-order valence-electron chi connectivity index (χ2n) is 2.40. The highest BCUT2D eigenvalue weighted by molar-refractivity contribution is 6.50. The molecule has 0 spiro atoms. The molecule has 0 atom stereocenters. The summed E-state index contributed by atoms with van der Waals surface area (Å²) in [5.41, 5.74) is 0. The number of hydrogen-bond donors (Lipinski definition) is 0. The summed E-state index contributed by atoms with van der Waals surface area (Å²) in [5.74, 6) is -0.224. The fourth-order valence-corrected chi connectivity index (χ4v) is 0.742. The summed E-state index contributed by atoms with van der Waals surface area (Å²) in [6.45, 7) is 3.75. The monoisotopic (exact) mass is 260 g/mol. The van der Waals surface area contributed by atoms with Crippen LogP contribution in [0, 0.1) is 0 Å². The van der Waals surface area contributed by atoms with E-state index in [1.54, 1.807) is 6.08 Å². The van der Waals surface area contributed by atoms with Gasteiger partial charge in [-0.15, -0.1) is 18.2 Å². The number of halogens is 3. The predicted octanol–water partition coefficient (Wildman–Crippen LogP) is 3.48. The Morgan fingerprint density at radius 2 is 2.14 bits per heavy atom. The summed E-state index contributed by atoms with van der Waals surface area (Å²) in [6.07, 6.45) is 2.23. The van der Waals surface area contributed by atoms with E-state index < -0.39 is 10.7 Å². The van der Waals surface area contributed by atoms with Gasteiger partial charge in [-0.05, 0) is 12.8 Å². The zero-order chi connectivity index (χ0) is 11.0. The number of carbonyl (C=O) groups is 1. The van der Waals surface area contributed by atoms with Gasteiger partial charge in [0.15, 0.2) is 0 Å². The molecule has 0 radical (unpaired) electrons. The maximum Gasteiger partial charge on any atom is 0.510 e. The van der Waals surface area contributed by atoms with E-state index in [1.807, 2.05) is 0 Å². The van der Waals surface area contributed by atoms with Crippen LogP contribution >= 0.6 is 34.8 Å². The van der Waals surface area contributed by atoms with Crippen molar-refractivity contribution in [1.29, 1.82) is 0 Å². The standard InChI is InChI=1S/C8H11Cl3O3/c1-2-3-4-5-13-7(12)14-8(10,11)6-9/h2H,1,3-6H2. The lowest BCUT2D eigenvalue weighted by Crippen LogP contribution is -2.25. The summed E-state index contributed by atoms with van der Waals surface area (Å²) in [6, 6.07) is 0. The third-order valence-electron chi connectivity index (χ3n) is 1.16. The molecular weight excluding hydrogens is 250 g/mol. The molecule has 0 aliphatic heterocycles. The lowest BCUT2D eigenvalue weighted by molar-refractivity contribution is 0.0394. The first-order valence-corrected chi connectivity index (χ1v) is 5.21. The fraction of sp³-hybridized carbons (Fsp3) is 0.625. The molecule has 0 bridgehead atoms. The van der Waals surface area contributed by atoms with Crippen molar-refractivity contribution < 1.29 is 14.3 Å². The third kappa shape index (κ3) is 7.30. The van der Waals surface area contributed by atoms with Crippen molar-refractivity contribution in [2.75, 3.05) is 12.5 Å². The highest BCUT2D eigenvalue weighted by Gasteiger charge is 2.28. The van der Waals surface area contributed by atoms with Crippen LogP contribution < -0.4 is 0 Å². The summed E-state index contributed by atoms with van der Waals surface area (Å²) >= 11 is 16.2. The number of alkyl halides is 3. The molecule has 0 saturated heterocycles. The van der Waals surface area contributed by atoms with E-state index >= 15 is 0 Å². The average Bonchev–Trinajstić information content (AvgIpc) is 2.12. The maximum absolute atomic E-state index is 10.9. The van der Waals surface area contributed by atoms with Crippen molar-refractivity contribution in [2.24, 2.45) is 0 Å². The van der Waals surface area contributed by atoms with Gasteiger partial charge < -0.3 is 9.47 Å². The molecule has 3 nitrogen and oxygen atoms in total. The first-order chi connectivity index (χ1) is 6.52. The number of allylic oxidation sites excluding steroid dienone is 1. The van der Waals surface area contributed by atoms with Gasteiger partial charge in [-0.3, -0.25) is 0 Å². The molecule has 0 heterocycles. The second-order valence-corrected chi connectivity index (χ2v) is 4.08. The second kappa shape index (κ2) is 7.21. The number of ether oxygens (including phenoxy) is 2. The fourth-order valence-electron chi connectivity index (χ4n) is 0.562. The van der Waals surface area contributed by atoms with Crippen molar-refractivity contribution in [2.45, 2.75) is 17.4 Å². The van der Waals surface area contributed by atoms with Crippen LogP contribution in [0.3, 0.4) is 0 Å². The molecule has 82 valence electrons. The van der Waals surface area contributed by atoms with Gasteiger partial charge in [-0.1, -0.05) is 29.3 Å². The molecule has 0 aromatic rings. The van der Waals surface area contributed by atoms with Crippen LogP contribution in [0.1, 0.15) is 12.8 Å². The largest absolute Gasteiger partial charge is 0.510 e. The van der Waals surface area contributed by atoms with Crippen LogP contribution in [0.2, 0.25) is 0 Å². The van der Waals surface area contributed by atoms with E-state index in [2.05, 4.69) is 16.1 Å². The van der Waals surface area contributed by atoms with Gasteiger partial charge in [-0.25, -0.2) is 4.79 Å². The number of hydrogen-bond acceptors (Lipinski definition) is 3. The Hall–Kier alpha value is -0.120. The Balaban J connectivity index is 3.60. The molecule has 0 aliphatic rings. The minimum absolute atomic E-state index is 0.224. The summed E-state index contributed by atoms with van der Waals surface area (Å²) in [7, 11) is 0. The minimum Gasteiger partial charge on any atom is -0.434 e. The third-order valence-corrected chi connectivity index (χ3v) is 2.23. The lowest BCUT2D eigenvalue weighted by atomic mass is 10.3. The van der Waals surface area contributed by atoms with E-state index in [0.29, 0.717) is 6.42 Å². The van der Waals surface area contributed by atoms with E-state index in [4.69, 9.17) is 34.8 Å². The van der Waals surface area contributed by atoms with Crippen molar-refractivity contribution in [3.63, 3.8) is 0 Å². The van der Waals surface area contributed by atoms with Gasteiger partial charge in [0.25, 0.3) is 4.52 Å². The quantitative estimate of drug-likeness (QED) is 0.318.